The van der Waals surface area contributed by atoms with Gasteiger partial charge in [-0.15, -0.1) is 0 Å². The predicted octanol–water partition coefficient (Wildman–Crippen LogP) is 3.95. The van der Waals surface area contributed by atoms with E-state index in [2.05, 4.69) is 16.7 Å². The summed E-state index contributed by atoms with van der Waals surface area (Å²) in [7, 11) is 0. The molecule has 1 fully saturated rings. The molecule has 1 heterocycles. The van der Waals surface area contributed by atoms with E-state index in [4.69, 9.17) is 0 Å². The van der Waals surface area contributed by atoms with E-state index in [0.717, 1.165) is 43.4 Å². The van der Waals surface area contributed by atoms with Crippen molar-refractivity contribution >= 4 is 17.6 Å². The summed E-state index contributed by atoms with van der Waals surface area (Å²) in [5.41, 5.74) is 2.92. The van der Waals surface area contributed by atoms with Gasteiger partial charge in [0.15, 0.2) is 0 Å². The van der Waals surface area contributed by atoms with Gasteiger partial charge in [0.2, 0.25) is 0 Å². The van der Waals surface area contributed by atoms with Gasteiger partial charge >= 0.3 is 6.03 Å². The van der Waals surface area contributed by atoms with Crippen molar-refractivity contribution in [2.75, 3.05) is 11.4 Å². The van der Waals surface area contributed by atoms with Crippen LogP contribution in [0.2, 0.25) is 0 Å². The van der Waals surface area contributed by atoms with Gasteiger partial charge in [-0.2, -0.15) is 0 Å². The van der Waals surface area contributed by atoms with Crippen molar-refractivity contribution in [3.05, 3.63) is 65.7 Å². The maximum absolute atomic E-state index is 13.4. The van der Waals surface area contributed by atoms with Crippen LogP contribution >= 0.6 is 0 Å². The van der Waals surface area contributed by atoms with Crippen LogP contribution < -0.4 is 15.5 Å². The number of hydrogen-bond donors (Lipinski definition) is 2. The van der Waals surface area contributed by atoms with Crippen molar-refractivity contribution in [2.45, 2.75) is 50.6 Å². The summed E-state index contributed by atoms with van der Waals surface area (Å²) in [6.45, 7) is 0.646. The fourth-order valence-corrected chi connectivity index (χ4v) is 4.26. The third-order valence-corrected chi connectivity index (χ3v) is 5.75. The fourth-order valence-electron chi connectivity index (χ4n) is 4.26. The maximum Gasteiger partial charge on any atom is 0.315 e. The molecule has 0 saturated heterocycles. The SMILES string of the molecule is O=C(NC1CCCCC1)NC(C(=O)N1CCc2ccccc21)c1ccccc1. The van der Waals surface area contributed by atoms with E-state index in [1.807, 2.05) is 48.5 Å². The van der Waals surface area contributed by atoms with Crippen LogP contribution in [0.4, 0.5) is 10.5 Å². The van der Waals surface area contributed by atoms with Gasteiger partial charge in [0.05, 0.1) is 0 Å². The molecule has 2 aromatic carbocycles. The van der Waals surface area contributed by atoms with Gasteiger partial charge in [-0.25, -0.2) is 4.79 Å². The molecule has 1 atom stereocenters. The summed E-state index contributed by atoms with van der Waals surface area (Å²) in [4.78, 5) is 27.9. The van der Waals surface area contributed by atoms with Crippen molar-refractivity contribution < 1.29 is 9.59 Å². The zero-order chi connectivity index (χ0) is 19.3. The Morgan fingerprint density at radius 3 is 2.43 bits per heavy atom. The Morgan fingerprint density at radius 2 is 1.64 bits per heavy atom. The molecule has 1 saturated carbocycles. The van der Waals surface area contributed by atoms with Crippen LogP contribution in [-0.4, -0.2) is 24.5 Å². The van der Waals surface area contributed by atoms with E-state index in [-0.39, 0.29) is 18.0 Å². The number of para-hydroxylation sites is 1. The summed E-state index contributed by atoms with van der Waals surface area (Å²) in [5, 5.41) is 6.01. The second-order valence-corrected chi connectivity index (χ2v) is 7.67. The molecule has 28 heavy (non-hydrogen) atoms. The van der Waals surface area contributed by atoms with Gasteiger partial charge in [-0.05, 0) is 36.5 Å². The first-order valence-electron chi connectivity index (χ1n) is 10.2. The third-order valence-electron chi connectivity index (χ3n) is 5.75. The molecule has 1 aliphatic carbocycles. The molecule has 0 bridgehead atoms. The number of benzene rings is 2. The van der Waals surface area contributed by atoms with Crippen molar-refractivity contribution in [1.82, 2.24) is 10.6 Å². The molecule has 4 rings (SSSR count). The number of urea groups is 1. The van der Waals surface area contributed by atoms with Crippen LogP contribution in [0.1, 0.15) is 49.3 Å². The van der Waals surface area contributed by atoms with E-state index < -0.39 is 6.04 Å². The number of anilines is 1. The van der Waals surface area contributed by atoms with Crippen LogP contribution in [-0.2, 0) is 11.2 Å². The smallest absolute Gasteiger partial charge is 0.315 e. The molecule has 1 unspecified atom stereocenters. The molecule has 3 amide bonds. The molecule has 5 heteroatoms. The van der Waals surface area contributed by atoms with Gasteiger partial charge in [-0.1, -0.05) is 67.8 Å². The summed E-state index contributed by atoms with van der Waals surface area (Å²) in [5.74, 6) is -0.0880. The number of carbonyl (C=O) groups is 2. The number of amides is 3. The normalized spacial score (nSPS) is 17.6. The standard InChI is InChI=1S/C23H27N3O2/c27-22(26-16-15-17-9-7-8-14-20(17)26)21(18-10-3-1-4-11-18)25-23(28)24-19-12-5-2-6-13-19/h1,3-4,7-11,14,19,21H,2,5-6,12-13,15-16H2,(H2,24,25,28). The summed E-state index contributed by atoms with van der Waals surface area (Å²) in [6.07, 6.45) is 6.40. The quantitative estimate of drug-likeness (QED) is 0.847. The van der Waals surface area contributed by atoms with Gasteiger partial charge in [-0.3, -0.25) is 4.79 Å². The lowest BCUT2D eigenvalue weighted by atomic mass is 9.96. The molecular weight excluding hydrogens is 350 g/mol. The molecule has 1 aliphatic heterocycles. The lowest BCUT2D eigenvalue weighted by Crippen LogP contribution is -2.48. The van der Waals surface area contributed by atoms with E-state index >= 15 is 0 Å². The molecule has 5 nitrogen and oxygen atoms in total. The zero-order valence-electron chi connectivity index (χ0n) is 16.1. The average Bonchev–Trinajstić information content (AvgIpc) is 3.17. The molecule has 2 aromatic rings. The zero-order valence-corrected chi connectivity index (χ0v) is 16.1. The Labute approximate surface area is 166 Å². The van der Waals surface area contributed by atoms with E-state index in [9.17, 15) is 9.59 Å². The molecule has 2 N–H and O–H groups in total. The van der Waals surface area contributed by atoms with Gasteiger partial charge in [0.1, 0.15) is 6.04 Å². The first-order valence-corrected chi connectivity index (χ1v) is 10.2. The minimum absolute atomic E-state index is 0.0880. The summed E-state index contributed by atoms with van der Waals surface area (Å²) >= 11 is 0. The largest absolute Gasteiger partial charge is 0.335 e. The highest BCUT2D eigenvalue weighted by atomic mass is 16.2. The van der Waals surface area contributed by atoms with Crippen LogP contribution in [0.25, 0.3) is 0 Å². The molecule has 0 radical (unpaired) electrons. The van der Waals surface area contributed by atoms with Crippen molar-refractivity contribution in [3.8, 4) is 0 Å². The van der Waals surface area contributed by atoms with Gasteiger partial charge in [0, 0.05) is 18.3 Å². The maximum atomic E-state index is 13.4. The first kappa shape index (κ1) is 18.5. The van der Waals surface area contributed by atoms with E-state index in [1.165, 1.54) is 12.0 Å². The number of nitrogens with zero attached hydrogens (tertiary/aromatic N) is 1. The summed E-state index contributed by atoms with van der Waals surface area (Å²) in [6, 6.07) is 16.7. The van der Waals surface area contributed by atoms with Gasteiger partial charge in [0.25, 0.3) is 5.91 Å². The highest BCUT2D eigenvalue weighted by molar-refractivity contribution is 6.01. The Bertz CT molecular complexity index is 831. The topological polar surface area (TPSA) is 61.4 Å². The minimum Gasteiger partial charge on any atom is -0.335 e. The minimum atomic E-state index is -0.698. The Balaban J connectivity index is 1.52. The highest BCUT2D eigenvalue weighted by Crippen LogP contribution is 2.30. The van der Waals surface area contributed by atoms with Crippen molar-refractivity contribution in [1.29, 1.82) is 0 Å². The highest BCUT2D eigenvalue weighted by Gasteiger charge is 2.32. The van der Waals surface area contributed by atoms with Crippen LogP contribution in [0, 0.1) is 0 Å². The number of rotatable bonds is 4. The summed E-state index contributed by atoms with van der Waals surface area (Å²) < 4.78 is 0. The number of carbonyl (C=O) groups excluding carboxylic acids is 2. The molecule has 146 valence electrons. The van der Waals surface area contributed by atoms with Crippen molar-refractivity contribution in [2.24, 2.45) is 0 Å². The molecule has 0 spiro atoms. The second-order valence-electron chi connectivity index (χ2n) is 7.67. The number of fused-ring (bicyclic) bond motifs is 1. The predicted molar refractivity (Wildman–Crippen MR) is 110 cm³/mol. The van der Waals surface area contributed by atoms with Gasteiger partial charge < -0.3 is 15.5 Å². The Morgan fingerprint density at radius 1 is 0.929 bits per heavy atom. The third kappa shape index (κ3) is 4.03. The lowest BCUT2D eigenvalue weighted by molar-refractivity contribution is -0.120. The van der Waals surface area contributed by atoms with Crippen LogP contribution in [0.15, 0.2) is 54.6 Å². The fraction of sp³-hybridized carbons (Fsp3) is 0.391. The van der Waals surface area contributed by atoms with E-state index in [1.54, 1.807) is 4.90 Å². The van der Waals surface area contributed by atoms with Crippen molar-refractivity contribution in [3.63, 3.8) is 0 Å². The molecule has 2 aliphatic rings. The Kier molecular flexibility index (Phi) is 5.60. The lowest BCUT2D eigenvalue weighted by Gasteiger charge is -2.27. The first-order chi connectivity index (χ1) is 13.7. The second kappa shape index (κ2) is 8.46. The molecular formula is C23H27N3O2. The monoisotopic (exact) mass is 377 g/mol. The Hall–Kier alpha value is -2.82. The number of hydrogen-bond acceptors (Lipinski definition) is 2. The van der Waals surface area contributed by atoms with Crippen LogP contribution in [0.5, 0.6) is 0 Å². The van der Waals surface area contributed by atoms with Crippen LogP contribution in [0.3, 0.4) is 0 Å². The number of nitrogens with one attached hydrogen (secondary N) is 2. The average molecular weight is 377 g/mol. The molecule has 0 aromatic heterocycles. The van der Waals surface area contributed by atoms with E-state index in [0.29, 0.717) is 6.54 Å².